The molecule has 0 bridgehead atoms. The highest BCUT2D eigenvalue weighted by atomic mass is 16.6. The Hall–Kier alpha value is -2.71. The largest absolute Gasteiger partial charge is 0.460 e. The SMILES string of the molecule is CC(C)(C)OC(=O)[C@@H]1CCC(O)(C#Cc2cccnn2)C[C@H]1c1ccccc1. The number of ether oxygens (including phenoxy) is 1. The Bertz CT molecular complexity index is 865. The van der Waals surface area contributed by atoms with Gasteiger partial charge in [-0.25, -0.2) is 0 Å². The maximum Gasteiger partial charge on any atom is 0.310 e. The highest BCUT2D eigenvalue weighted by Gasteiger charge is 2.43. The van der Waals surface area contributed by atoms with Crippen LogP contribution in [0.1, 0.15) is 57.2 Å². The number of benzene rings is 1. The summed E-state index contributed by atoms with van der Waals surface area (Å²) < 4.78 is 5.65. The molecule has 1 aromatic heterocycles. The maximum atomic E-state index is 12.8. The Labute approximate surface area is 166 Å². The first-order valence-corrected chi connectivity index (χ1v) is 9.57. The van der Waals surface area contributed by atoms with Gasteiger partial charge < -0.3 is 9.84 Å². The minimum absolute atomic E-state index is 0.161. The number of carbonyl (C=O) groups is 1. The van der Waals surface area contributed by atoms with Gasteiger partial charge >= 0.3 is 5.97 Å². The molecular weight excluding hydrogens is 352 g/mol. The molecule has 28 heavy (non-hydrogen) atoms. The molecule has 1 aliphatic carbocycles. The van der Waals surface area contributed by atoms with Crippen LogP contribution in [-0.4, -0.2) is 32.5 Å². The van der Waals surface area contributed by atoms with Gasteiger partial charge in [-0.15, -0.1) is 5.10 Å². The molecule has 5 nitrogen and oxygen atoms in total. The van der Waals surface area contributed by atoms with Crippen molar-refractivity contribution >= 4 is 5.97 Å². The van der Waals surface area contributed by atoms with Gasteiger partial charge in [-0.05, 0) is 63.7 Å². The van der Waals surface area contributed by atoms with Crippen LogP contribution in [0.15, 0.2) is 48.7 Å². The van der Waals surface area contributed by atoms with Crippen molar-refractivity contribution in [3.8, 4) is 11.8 Å². The van der Waals surface area contributed by atoms with E-state index in [0.29, 0.717) is 25.0 Å². The second-order valence-corrected chi connectivity index (χ2v) is 8.29. The fourth-order valence-electron chi connectivity index (χ4n) is 3.58. The van der Waals surface area contributed by atoms with E-state index >= 15 is 0 Å². The predicted molar refractivity (Wildman–Crippen MR) is 106 cm³/mol. The van der Waals surface area contributed by atoms with Gasteiger partial charge in [-0.1, -0.05) is 36.3 Å². The van der Waals surface area contributed by atoms with Crippen LogP contribution in [0.5, 0.6) is 0 Å². The summed E-state index contributed by atoms with van der Waals surface area (Å²) in [5, 5.41) is 18.9. The Kier molecular flexibility index (Phi) is 5.81. The second-order valence-electron chi connectivity index (χ2n) is 8.29. The van der Waals surface area contributed by atoms with E-state index in [0.717, 1.165) is 5.56 Å². The minimum Gasteiger partial charge on any atom is -0.460 e. The molecule has 0 saturated heterocycles. The Morgan fingerprint density at radius 1 is 1.21 bits per heavy atom. The predicted octanol–water partition coefficient (Wildman–Crippen LogP) is 3.48. The molecule has 1 heterocycles. The monoisotopic (exact) mass is 378 g/mol. The fraction of sp³-hybridized carbons (Fsp3) is 0.435. The molecule has 146 valence electrons. The number of carbonyl (C=O) groups excluding carboxylic acids is 1. The van der Waals surface area contributed by atoms with E-state index in [9.17, 15) is 9.90 Å². The van der Waals surface area contributed by atoms with E-state index in [1.54, 1.807) is 18.3 Å². The molecule has 3 rings (SSSR count). The number of hydrogen-bond acceptors (Lipinski definition) is 5. The standard InChI is InChI=1S/C23H26N2O3/c1-22(2,3)28-21(26)19-12-14-23(27,13-11-18-10-7-15-24-25-18)16-20(19)17-8-5-4-6-9-17/h4-10,15,19-20,27H,12,14,16H2,1-3H3/t19-,20+,23?/m1/s1. The third-order valence-electron chi connectivity index (χ3n) is 4.85. The molecule has 0 radical (unpaired) electrons. The van der Waals surface area contributed by atoms with Crippen LogP contribution in [0.3, 0.4) is 0 Å². The fourth-order valence-corrected chi connectivity index (χ4v) is 3.58. The van der Waals surface area contributed by atoms with E-state index in [-0.39, 0.29) is 17.8 Å². The lowest BCUT2D eigenvalue weighted by Gasteiger charge is -2.39. The zero-order chi connectivity index (χ0) is 20.2. The first kappa shape index (κ1) is 20.0. The molecule has 1 unspecified atom stereocenters. The average molecular weight is 378 g/mol. The van der Waals surface area contributed by atoms with Gasteiger partial charge in [0.15, 0.2) is 0 Å². The van der Waals surface area contributed by atoms with Gasteiger partial charge in [0.2, 0.25) is 0 Å². The topological polar surface area (TPSA) is 72.3 Å². The molecule has 1 saturated carbocycles. The molecule has 1 aliphatic rings. The van der Waals surface area contributed by atoms with Gasteiger partial charge in [0.25, 0.3) is 0 Å². The Morgan fingerprint density at radius 3 is 2.61 bits per heavy atom. The Morgan fingerprint density at radius 2 is 1.96 bits per heavy atom. The van der Waals surface area contributed by atoms with Crippen molar-refractivity contribution in [2.75, 3.05) is 0 Å². The van der Waals surface area contributed by atoms with Crippen LogP contribution in [0.2, 0.25) is 0 Å². The first-order chi connectivity index (χ1) is 13.3. The number of esters is 1. The van der Waals surface area contributed by atoms with Crippen molar-refractivity contribution in [2.45, 2.75) is 57.2 Å². The van der Waals surface area contributed by atoms with E-state index in [4.69, 9.17) is 4.74 Å². The highest BCUT2D eigenvalue weighted by Crippen LogP contribution is 2.43. The number of aromatic nitrogens is 2. The summed E-state index contributed by atoms with van der Waals surface area (Å²) >= 11 is 0. The minimum atomic E-state index is -1.18. The number of hydrogen-bond donors (Lipinski definition) is 1. The van der Waals surface area contributed by atoms with Crippen LogP contribution < -0.4 is 0 Å². The molecular formula is C23H26N2O3. The van der Waals surface area contributed by atoms with E-state index in [1.807, 2.05) is 51.1 Å². The smallest absolute Gasteiger partial charge is 0.310 e. The molecule has 1 N–H and O–H groups in total. The van der Waals surface area contributed by atoms with Crippen molar-refractivity contribution in [1.82, 2.24) is 10.2 Å². The summed E-state index contributed by atoms with van der Waals surface area (Å²) in [4.78, 5) is 12.8. The number of nitrogens with zero attached hydrogens (tertiary/aromatic N) is 2. The molecule has 0 amide bonds. The lowest BCUT2D eigenvalue weighted by atomic mass is 9.69. The van der Waals surface area contributed by atoms with Crippen molar-refractivity contribution in [1.29, 1.82) is 0 Å². The van der Waals surface area contributed by atoms with E-state index in [1.165, 1.54) is 0 Å². The lowest BCUT2D eigenvalue weighted by molar-refractivity contribution is -0.163. The first-order valence-electron chi connectivity index (χ1n) is 9.57. The third kappa shape index (κ3) is 5.17. The van der Waals surface area contributed by atoms with Gasteiger partial charge in [-0.2, -0.15) is 5.10 Å². The van der Waals surface area contributed by atoms with Gasteiger partial charge in [0, 0.05) is 12.1 Å². The second kappa shape index (κ2) is 8.12. The van der Waals surface area contributed by atoms with Crippen molar-refractivity contribution in [2.24, 2.45) is 5.92 Å². The van der Waals surface area contributed by atoms with Gasteiger partial charge in [0.1, 0.15) is 16.9 Å². The molecule has 1 fully saturated rings. The normalized spacial score (nSPS) is 24.7. The summed E-state index contributed by atoms with van der Waals surface area (Å²) in [7, 11) is 0. The van der Waals surface area contributed by atoms with E-state index in [2.05, 4.69) is 22.0 Å². The molecule has 0 aliphatic heterocycles. The summed E-state index contributed by atoms with van der Waals surface area (Å²) in [5.41, 5.74) is -0.201. The third-order valence-corrected chi connectivity index (χ3v) is 4.85. The maximum absolute atomic E-state index is 12.8. The quantitative estimate of drug-likeness (QED) is 0.640. The van der Waals surface area contributed by atoms with Gasteiger partial charge in [-0.3, -0.25) is 4.79 Å². The molecule has 5 heteroatoms. The summed E-state index contributed by atoms with van der Waals surface area (Å²) in [6, 6.07) is 13.3. The van der Waals surface area contributed by atoms with Gasteiger partial charge in [0.05, 0.1) is 5.92 Å². The summed E-state index contributed by atoms with van der Waals surface area (Å²) in [6.07, 6.45) is 2.87. The van der Waals surface area contributed by atoms with Crippen molar-refractivity contribution in [3.63, 3.8) is 0 Å². The van der Waals surface area contributed by atoms with Crippen LogP contribution in [0.25, 0.3) is 0 Å². The lowest BCUT2D eigenvalue weighted by Crippen LogP contribution is -2.41. The van der Waals surface area contributed by atoms with Crippen LogP contribution in [0, 0.1) is 17.8 Å². The zero-order valence-corrected chi connectivity index (χ0v) is 16.6. The number of aliphatic hydroxyl groups is 1. The molecule has 3 atom stereocenters. The summed E-state index contributed by atoms with van der Waals surface area (Å²) in [5.74, 6) is 5.21. The summed E-state index contributed by atoms with van der Waals surface area (Å²) in [6.45, 7) is 5.61. The van der Waals surface area contributed by atoms with Crippen molar-refractivity contribution < 1.29 is 14.6 Å². The molecule has 1 aromatic carbocycles. The average Bonchev–Trinajstić information content (AvgIpc) is 2.66. The number of rotatable bonds is 2. The van der Waals surface area contributed by atoms with Crippen LogP contribution in [-0.2, 0) is 9.53 Å². The van der Waals surface area contributed by atoms with Crippen LogP contribution in [0.4, 0.5) is 0 Å². The molecule has 0 spiro atoms. The van der Waals surface area contributed by atoms with Crippen molar-refractivity contribution in [3.05, 3.63) is 59.9 Å². The Balaban J connectivity index is 1.87. The van der Waals surface area contributed by atoms with E-state index < -0.39 is 11.2 Å². The highest BCUT2D eigenvalue weighted by molar-refractivity contribution is 5.74. The van der Waals surface area contributed by atoms with Crippen LogP contribution >= 0.6 is 0 Å². The molecule has 2 aromatic rings. The zero-order valence-electron chi connectivity index (χ0n) is 16.6.